The Morgan fingerprint density at radius 1 is 1.17 bits per heavy atom. The number of aliphatic imine (C=N–C) groups is 1. The number of nitrogens with one attached hydrogen (secondary N) is 2. The first-order valence-corrected chi connectivity index (χ1v) is 10.1. The molecule has 0 unspecified atom stereocenters. The predicted molar refractivity (Wildman–Crippen MR) is 100 cm³/mol. The molecule has 1 saturated carbocycles. The Bertz CT molecular complexity index is 391. The molecule has 1 heterocycles. The standard InChI is InChI=1S/C19H36N4O/c1-2-20-19(21-13-6-11-17-9-4-3-5-10-17)22-14-8-16-23-15-7-12-18(23)24/h17H,2-16H2,1H3,(H2,20,21,22). The lowest BCUT2D eigenvalue weighted by Crippen LogP contribution is -2.38. The lowest BCUT2D eigenvalue weighted by atomic mass is 9.86. The molecule has 138 valence electrons. The van der Waals surface area contributed by atoms with E-state index in [1.807, 2.05) is 4.90 Å². The second-order valence-electron chi connectivity index (χ2n) is 7.17. The first kappa shape index (κ1) is 19.1. The molecule has 0 bridgehead atoms. The van der Waals surface area contributed by atoms with Crippen molar-refractivity contribution in [2.24, 2.45) is 10.9 Å². The monoisotopic (exact) mass is 336 g/mol. The molecule has 2 rings (SSSR count). The van der Waals surface area contributed by atoms with E-state index < -0.39 is 0 Å². The van der Waals surface area contributed by atoms with E-state index in [1.165, 1.54) is 44.9 Å². The lowest BCUT2D eigenvalue weighted by Gasteiger charge is -2.21. The fourth-order valence-corrected chi connectivity index (χ4v) is 3.81. The fraction of sp³-hybridized carbons (Fsp3) is 0.895. The second-order valence-corrected chi connectivity index (χ2v) is 7.17. The third-order valence-corrected chi connectivity index (χ3v) is 5.18. The number of carbonyl (C=O) groups is 1. The van der Waals surface area contributed by atoms with Gasteiger partial charge in [0.2, 0.25) is 5.91 Å². The molecule has 0 radical (unpaired) electrons. The summed E-state index contributed by atoms with van der Waals surface area (Å²) < 4.78 is 0. The quantitative estimate of drug-likeness (QED) is 0.387. The van der Waals surface area contributed by atoms with Gasteiger partial charge >= 0.3 is 0 Å². The van der Waals surface area contributed by atoms with Crippen LogP contribution in [0.3, 0.4) is 0 Å². The predicted octanol–water partition coefficient (Wildman–Crippen LogP) is 2.91. The molecular formula is C19H36N4O. The van der Waals surface area contributed by atoms with Gasteiger partial charge in [0, 0.05) is 39.1 Å². The van der Waals surface area contributed by atoms with Crippen LogP contribution in [0.15, 0.2) is 4.99 Å². The number of amides is 1. The lowest BCUT2D eigenvalue weighted by molar-refractivity contribution is -0.127. The molecule has 1 aliphatic carbocycles. The molecule has 0 atom stereocenters. The van der Waals surface area contributed by atoms with Crippen molar-refractivity contribution in [3.05, 3.63) is 0 Å². The van der Waals surface area contributed by atoms with Crippen molar-refractivity contribution in [2.45, 2.75) is 71.1 Å². The minimum Gasteiger partial charge on any atom is -0.357 e. The maximum absolute atomic E-state index is 11.6. The smallest absolute Gasteiger partial charge is 0.222 e. The van der Waals surface area contributed by atoms with Crippen molar-refractivity contribution >= 4 is 11.9 Å². The Hall–Kier alpha value is -1.26. The summed E-state index contributed by atoms with van der Waals surface area (Å²) in [6.45, 7) is 6.56. The Kier molecular flexibility index (Phi) is 9.00. The van der Waals surface area contributed by atoms with Crippen LogP contribution >= 0.6 is 0 Å². The van der Waals surface area contributed by atoms with Crippen molar-refractivity contribution in [2.75, 3.05) is 32.7 Å². The van der Waals surface area contributed by atoms with Gasteiger partial charge in [-0.2, -0.15) is 0 Å². The average Bonchev–Trinajstić information content (AvgIpc) is 3.01. The van der Waals surface area contributed by atoms with E-state index in [-0.39, 0.29) is 0 Å². The minimum atomic E-state index is 0.312. The van der Waals surface area contributed by atoms with Gasteiger partial charge in [-0.15, -0.1) is 0 Å². The molecule has 2 aliphatic rings. The molecule has 0 aromatic carbocycles. The summed E-state index contributed by atoms with van der Waals surface area (Å²) in [5, 5.41) is 6.77. The maximum atomic E-state index is 11.6. The molecule has 5 nitrogen and oxygen atoms in total. The molecule has 0 aromatic rings. The Morgan fingerprint density at radius 2 is 2.00 bits per heavy atom. The van der Waals surface area contributed by atoms with Gasteiger partial charge in [0.15, 0.2) is 5.96 Å². The molecular weight excluding hydrogens is 300 g/mol. The minimum absolute atomic E-state index is 0.312. The molecule has 1 aliphatic heterocycles. The molecule has 5 heteroatoms. The Morgan fingerprint density at radius 3 is 2.71 bits per heavy atom. The van der Waals surface area contributed by atoms with Crippen LogP contribution in [0.1, 0.15) is 71.1 Å². The SMILES string of the molecule is CCNC(=NCCCN1CCCC1=O)NCCCC1CCCCC1. The number of guanidine groups is 1. The zero-order valence-corrected chi connectivity index (χ0v) is 15.5. The second kappa shape index (κ2) is 11.3. The summed E-state index contributed by atoms with van der Waals surface area (Å²) in [6, 6.07) is 0. The van der Waals surface area contributed by atoms with Gasteiger partial charge < -0.3 is 15.5 Å². The summed E-state index contributed by atoms with van der Waals surface area (Å²) in [5.41, 5.74) is 0. The van der Waals surface area contributed by atoms with Crippen LogP contribution < -0.4 is 10.6 Å². The number of nitrogens with zero attached hydrogens (tertiary/aromatic N) is 2. The number of hydrogen-bond acceptors (Lipinski definition) is 2. The molecule has 2 N–H and O–H groups in total. The van der Waals surface area contributed by atoms with E-state index in [2.05, 4.69) is 22.5 Å². The van der Waals surface area contributed by atoms with Crippen LogP contribution in [0.2, 0.25) is 0 Å². The summed E-state index contributed by atoms with van der Waals surface area (Å²) in [6.07, 6.45) is 12.5. The normalized spacial score (nSPS) is 19.8. The summed E-state index contributed by atoms with van der Waals surface area (Å²) >= 11 is 0. The Balaban J connectivity index is 1.58. The van der Waals surface area contributed by atoms with Gasteiger partial charge in [-0.3, -0.25) is 9.79 Å². The van der Waals surface area contributed by atoms with E-state index in [4.69, 9.17) is 0 Å². The first-order valence-electron chi connectivity index (χ1n) is 10.1. The van der Waals surface area contributed by atoms with Crippen LogP contribution in [-0.2, 0) is 4.79 Å². The van der Waals surface area contributed by atoms with Crippen molar-refractivity contribution in [1.82, 2.24) is 15.5 Å². The van der Waals surface area contributed by atoms with Crippen molar-refractivity contribution < 1.29 is 4.79 Å². The van der Waals surface area contributed by atoms with Gasteiger partial charge in [-0.05, 0) is 38.5 Å². The molecule has 2 fully saturated rings. The van der Waals surface area contributed by atoms with E-state index in [1.54, 1.807) is 0 Å². The van der Waals surface area contributed by atoms with Crippen LogP contribution in [0.4, 0.5) is 0 Å². The highest BCUT2D eigenvalue weighted by Crippen LogP contribution is 2.26. The highest BCUT2D eigenvalue weighted by molar-refractivity contribution is 5.79. The van der Waals surface area contributed by atoms with E-state index >= 15 is 0 Å². The van der Waals surface area contributed by atoms with E-state index in [0.717, 1.165) is 63.9 Å². The van der Waals surface area contributed by atoms with Gasteiger partial charge in [-0.25, -0.2) is 0 Å². The van der Waals surface area contributed by atoms with Gasteiger partial charge in [0.1, 0.15) is 0 Å². The van der Waals surface area contributed by atoms with Crippen molar-refractivity contribution in [1.29, 1.82) is 0 Å². The molecule has 0 spiro atoms. The topological polar surface area (TPSA) is 56.7 Å². The van der Waals surface area contributed by atoms with Crippen LogP contribution in [0.5, 0.6) is 0 Å². The highest BCUT2D eigenvalue weighted by Gasteiger charge is 2.18. The van der Waals surface area contributed by atoms with Crippen molar-refractivity contribution in [3.63, 3.8) is 0 Å². The fourth-order valence-electron chi connectivity index (χ4n) is 3.81. The zero-order chi connectivity index (χ0) is 17.0. The third kappa shape index (κ3) is 7.10. The first-order chi connectivity index (χ1) is 11.8. The van der Waals surface area contributed by atoms with Gasteiger partial charge in [0.05, 0.1) is 0 Å². The molecule has 0 aromatic heterocycles. The largest absolute Gasteiger partial charge is 0.357 e. The summed E-state index contributed by atoms with van der Waals surface area (Å²) in [7, 11) is 0. The molecule has 24 heavy (non-hydrogen) atoms. The molecule has 1 amide bonds. The third-order valence-electron chi connectivity index (χ3n) is 5.18. The number of carbonyl (C=O) groups excluding carboxylic acids is 1. The van der Waals surface area contributed by atoms with E-state index in [9.17, 15) is 4.79 Å². The zero-order valence-electron chi connectivity index (χ0n) is 15.5. The average molecular weight is 337 g/mol. The van der Waals surface area contributed by atoms with Crippen LogP contribution in [0, 0.1) is 5.92 Å². The Labute approximate surface area is 147 Å². The molecule has 1 saturated heterocycles. The highest BCUT2D eigenvalue weighted by atomic mass is 16.2. The van der Waals surface area contributed by atoms with Crippen LogP contribution in [0.25, 0.3) is 0 Å². The van der Waals surface area contributed by atoms with Crippen LogP contribution in [-0.4, -0.2) is 49.5 Å². The van der Waals surface area contributed by atoms with E-state index in [0.29, 0.717) is 5.91 Å². The summed E-state index contributed by atoms with van der Waals surface area (Å²) in [5.74, 6) is 2.19. The number of rotatable bonds is 9. The van der Waals surface area contributed by atoms with Crippen molar-refractivity contribution in [3.8, 4) is 0 Å². The van der Waals surface area contributed by atoms with Gasteiger partial charge in [-0.1, -0.05) is 32.1 Å². The maximum Gasteiger partial charge on any atom is 0.222 e. The summed E-state index contributed by atoms with van der Waals surface area (Å²) in [4.78, 5) is 18.2. The van der Waals surface area contributed by atoms with Gasteiger partial charge in [0.25, 0.3) is 0 Å². The number of hydrogen-bond donors (Lipinski definition) is 2. The number of likely N-dealkylation sites (tertiary alicyclic amines) is 1.